The minimum Gasteiger partial charge on any atom is -0.366 e. The lowest BCUT2D eigenvalue weighted by Crippen LogP contribution is -2.52. The van der Waals surface area contributed by atoms with Gasteiger partial charge in [0.2, 0.25) is 5.89 Å². The highest BCUT2D eigenvalue weighted by molar-refractivity contribution is 5.80. The molecule has 28 heavy (non-hydrogen) atoms. The van der Waals surface area contributed by atoms with Crippen molar-refractivity contribution in [2.75, 3.05) is 38.1 Å². The van der Waals surface area contributed by atoms with E-state index in [1.54, 1.807) is 7.05 Å². The predicted molar refractivity (Wildman–Crippen MR) is 103 cm³/mol. The molecule has 1 fully saturated rings. The smallest absolute Gasteiger partial charge is 0.232 e. The molecule has 9 heteroatoms. The van der Waals surface area contributed by atoms with E-state index in [1.165, 1.54) is 6.07 Å². The van der Waals surface area contributed by atoms with Crippen LogP contribution in [0.3, 0.4) is 0 Å². The number of nitrogens with zero attached hydrogens (tertiary/aromatic N) is 5. The zero-order valence-electron chi connectivity index (χ0n) is 16.7. The van der Waals surface area contributed by atoms with Crippen molar-refractivity contribution in [3.05, 3.63) is 41.5 Å². The topological polar surface area (TPSA) is 69.8 Å². The van der Waals surface area contributed by atoms with Crippen LogP contribution in [0.1, 0.15) is 32.5 Å². The lowest BCUT2D eigenvalue weighted by atomic mass is 9.97. The van der Waals surface area contributed by atoms with Crippen molar-refractivity contribution in [3.63, 3.8) is 0 Å². The molecule has 1 aromatic heterocycles. The van der Waals surface area contributed by atoms with Crippen molar-refractivity contribution in [1.29, 1.82) is 0 Å². The van der Waals surface area contributed by atoms with E-state index in [1.807, 2.05) is 25.7 Å². The van der Waals surface area contributed by atoms with E-state index in [-0.39, 0.29) is 5.41 Å². The minimum absolute atomic E-state index is 0.199. The maximum Gasteiger partial charge on any atom is 0.232 e. The molecule has 3 rings (SSSR count). The van der Waals surface area contributed by atoms with Gasteiger partial charge in [0.25, 0.3) is 0 Å². The molecule has 1 N–H and O–H groups in total. The number of benzene rings is 1. The second-order valence-corrected chi connectivity index (χ2v) is 7.74. The Balaban J connectivity index is 1.56. The van der Waals surface area contributed by atoms with E-state index in [0.717, 1.165) is 12.1 Å². The molecule has 0 atom stereocenters. The summed E-state index contributed by atoms with van der Waals surface area (Å²) in [7, 11) is 1.71. The van der Waals surface area contributed by atoms with E-state index in [2.05, 4.69) is 25.3 Å². The van der Waals surface area contributed by atoms with Crippen LogP contribution in [0.25, 0.3) is 0 Å². The molecule has 0 unspecified atom stereocenters. The van der Waals surface area contributed by atoms with E-state index in [0.29, 0.717) is 56.1 Å². The van der Waals surface area contributed by atoms with Gasteiger partial charge in [-0.15, -0.1) is 0 Å². The van der Waals surface area contributed by atoms with Crippen molar-refractivity contribution in [2.24, 2.45) is 4.99 Å². The van der Waals surface area contributed by atoms with Gasteiger partial charge in [-0.3, -0.25) is 4.99 Å². The molecule has 0 radical (unpaired) electrons. The first-order chi connectivity index (χ1) is 13.3. The summed E-state index contributed by atoms with van der Waals surface area (Å²) in [5.74, 6) is 1.01. The third-order valence-electron chi connectivity index (χ3n) is 4.55. The molecule has 1 aromatic carbocycles. The fraction of sp³-hybridized carbons (Fsp3) is 0.526. The predicted octanol–water partition coefficient (Wildman–Crippen LogP) is 2.54. The summed E-state index contributed by atoms with van der Waals surface area (Å²) in [6, 6.07) is 3.53. The van der Waals surface area contributed by atoms with Gasteiger partial charge in [-0.25, -0.2) is 8.78 Å². The summed E-state index contributed by atoms with van der Waals surface area (Å²) in [5, 5.41) is 7.23. The van der Waals surface area contributed by atoms with Crippen LogP contribution in [-0.2, 0) is 12.0 Å². The Morgan fingerprint density at radius 2 is 1.93 bits per heavy atom. The number of piperazine rings is 1. The van der Waals surface area contributed by atoms with Crippen LogP contribution in [0.15, 0.2) is 27.7 Å². The summed E-state index contributed by atoms with van der Waals surface area (Å²) in [4.78, 5) is 12.6. The third-order valence-corrected chi connectivity index (χ3v) is 4.55. The summed E-state index contributed by atoms with van der Waals surface area (Å²) in [5.41, 5.74) is 0.0965. The largest absolute Gasteiger partial charge is 0.366 e. The van der Waals surface area contributed by atoms with Crippen molar-refractivity contribution < 1.29 is 13.3 Å². The Hall–Kier alpha value is -2.71. The van der Waals surface area contributed by atoms with Gasteiger partial charge in [0, 0.05) is 44.7 Å². The molecule has 0 spiro atoms. The van der Waals surface area contributed by atoms with Gasteiger partial charge < -0.3 is 19.6 Å². The summed E-state index contributed by atoms with van der Waals surface area (Å²) in [6.07, 6.45) is 0. The maximum absolute atomic E-state index is 14.0. The highest BCUT2D eigenvalue weighted by atomic mass is 19.1. The molecule has 1 saturated heterocycles. The molecule has 2 aromatic rings. The van der Waals surface area contributed by atoms with Crippen molar-refractivity contribution in [1.82, 2.24) is 20.4 Å². The SMILES string of the molecule is CN=C(NCc1noc(C(C)(C)C)n1)N1CCN(c2cc(F)ccc2F)CC1. The van der Waals surface area contributed by atoms with Crippen LogP contribution in [0, 0.1) is 11.6 Å². The molecule has 152 valence electrons. The van der Waals surface area contributed by atoms with Crippen LogP contribution in [-0.4, -0.2) is 54.2 Å². The molecule has 0 bridgehead atoms. The van der Waals surface area contributed by atoms with Crippen molar-refractivity contribution in [3.8, 4) is 0 Å². The molecule has 1 aliphatic rings. The Kier molecular flexibility index (Phi) is 5.81. The minimum atomic E-state index is -0.439. The van der Waals surface area contributed by atoms with E-state index >= 15 is 0 Å². The molecular weight excluding hydrogens is 366 g/mol. The van der Waals surface area contributed by atoms with Crippen LogP contribution in [0.5, 0.6) is 0 Å². The number of guanidine groups is 1. The Morgan fingerprint density at radius 1 is 1.21 bits per heavy atom. The van der Waals surface area contributed by atoms with Gasteiger partial charge in [-0.2, -0.15) is 4.98 Å². The van der Waals surface area contributed by atoms with Gasteiger partial charge in [-0.1, -0.05) is 25.9 Å². The average molecular weight is 392 g/mol. The van der Waals surface area contributed by atoms with Gasteiger partial charge in [0.1, 0.15) is 11.6 Å². The number of hydrogen-bond donors (Lipinski definition) is 1. The second kappa shape index (κ2) is 8.12. The highest BCUT2D eigenvalue weighted by Crippen LogP contribution is 2.22. The molecular formula is C19H26F2N6O. The van der Waals surface area contributed by atoms with Crippen LogP contribution >= 0.6 is 0 Å². The van der Waals surface area contributed by atoms with Gasteiger partial charge in [-0.05, 0) is 12.1 Å². The first-order valence-electron chi connectivity index (χ1n) is 9.26. The fourth-order valence-corrected chi connectivity index (χ4v) is 3.01. The lowest BCUT2D eigenvalue weighted by molar-refractivity contribution is 0.317. The number of rotatable bonds is 3. The quantitative estimate of drug-likeness (QED) is 0.640. The van der Waals surface area contributed by atoms with Crippen LogP contribution in [0.4, 0.5) is 14.5 Å². The molecule has 0 saturated carbocycles. The number of anilines is 1. The highest BCUT2D eigenvalue weighted by Gasteiger charge is 2.24. The molecule has 7 nitrogen and oxygen atoms in total. The number of aliphatic imine (C=N–C) groups is 1. The zero-order chi connectivity index (χ0) is 20.3. The first kappa shape index (κ1) is 20.0. The molecule has 0 aliphatic carbocycles. The van der Waals surface area contributed by atoms with Crippen molar-refractivity contribution in [2.45, 2.75) is 32.7 Å². The number of nitrogens with one attached hydrogen (secondary N) is 1. The Morgan fingerprint density at radius 3 is 2.54 bits per heavy atom. The second-order valence-electron chi connectivity index (χ2n) is 7.74. The number of aromatic nitrogens is 2. The summed E-state index contributed by atoms with van der Waals surface area (Å²) in [6.45, 7) is 8.83. The fourth-order valence-electron chi connectivity index (χ4n) is 3.01. The van der Waals surface area contributed by atoms with Gasteiger partial charge in [0.15, 0.2) is 11.8 Å². The molecule has 2 heterocycles. The average Bonchev–Trinajstić information content (AvgIpc) is 3.14. The number of hydrogen-bond acceptors (Lipinski definition) is 5. The zero-order valence-corrected chi connectivity index (χ0v) is 16.7. The Bertz CT molecular complexity index is 837. The normalized spacial score (nSPS) is 15.9. The van der Waals surface area contributed by atoms with Gasteiger partial charge >= 0.3 is 0 Å². The maximum atomic E-state index is 14.0. The lowest BCUT2D eigenvalue weighted by Gasteiger charge is -2.37. The van der Waals surface area contributed by atoms with Crippen molar-refractivity contribution >= 4 is 11.6 Å². The number of halogens is 2. The van der Waals surface area contributed by atoms with E-state index < -0.39 is 11.6 Å². The van der Waals surface area contributed by atoms with E-state index in [4.69, 9.17) is 4.52 Å². The third kappa shape index (κ3) is 4.58. The standard InChI is InChI=1S/C19H26F2N6O/c1-19(2,3)17-24-16(25-28-17)12-23-18(22-4)27-9-7-26(8-10-27)15-11-13(20)5-6-14(15)21/h5-6,11H,7-10,12H2,1-4H3,(H,22,23). The van der Waals surface area contributed by atoms with Crippen LogP contribution < -0.4 is 10.2 Å². The monoisotopic (exact) mass is 392 g/mol. The first-order valence-corrected chi connectivity index (χ1v) is 9.26. The summed E-state index contributed by atoms with van der Waals surface area (Å²) < 4.78 is 32.7. The van der Waals surface area contributed by atoms with E-state index in [9.17, 15) is 8.78 Å². The Labute approximate surface area is 163 Å². The van der Waals surface area contributed by atoms with Gasteiger partial charge in [0.05, 0.1) is 12.2 Å². The van der Waals surface area contributed by atoms with Crippen LogP contribution in [0.2, 0.25) is 0 Å². The molecule has 1 aliphatic heterocycles. The molecule has 0 amide bonds. The summed E-state index contributed by atoms with van der Waals surface area (Å²) >= 11 is 0.